The van der Waals surface area contributed by atoms with E-state index in [1.807, 2.05) is 24.3 Å². The van der Waals surface area contributed by atoms with Crippen LogP contribution in [0, 0.1) is 0 Å². The summed E-state index contributed by atoms with van der Waals surface area (Å²) in [5.41, 5.74) is 0.229. The molecule has 2 rings (SSSR count). The highest BCUT2D eigenvalue weighted by molar-refractivity contribution is 6.30. The Morgan fingerprint density at radius 1 is 1.35 bits per heavy atom. The molecule has 1 atom stereocenters. The number of halogens is 1. The average Bonchev–Trinajstić information content (AvgIpc) is 2.41. The van der Waals surface area contributed by atoms with Gasteiger partial charge in [-0.15, -0.1) is 0 Å². The first-order valence-electron chi connectivity index (χ1n) is 7.34. The van der Waals surface area contributed by atoms with E-state index in [4.69, 9.17) is 16.3 Å². The number of nitrogens with zero attached hydrogens (tertiary/aromatic N) is 1. The van der Waals surface area contributed by atoms with Crippen LogP contribution in [0.4, 0.5) is 0 Å². The van der Waals surface area contributed by atoms with Crippen LogP contribution in [0.25, 0.3) is 0 Å². The zero-order valence-electron chi connectivity index (χ0n) is 12.7. The molecular formula is C16H25ClN2O. The zero-order chi connectivity index (χ0) is 14.6. The van der Waals surface area contributed by atoms with E-state index in [0.717, 1.165) is 43.4 Å². The Hall–Kier alpha value is -0.770. The monoisotopic (exact) mass is 296 g/mol. The van der Waals surface area contributed by atoms with E-state index in [-0.39, 0.29) is 5.54 Å². The summed E-state index contributed by atoms with van der Waals surface area (Å²) >= 11 is 5.85. The molecule has 20 heavy (non-hydrogen) atoms. The van der Waals surface area contributed by atoms with Crippen molar-refractivity contribution in [3.63, 3.8) is 0 Å². The molecule has 1 heterocycles. The van der Waals surface area contributed by atoms with E-state index in [2.05, 4.69) is 31.0 Å². The minimum Gasteiger partial charge on any atom is -0.494 e. The molecule has 0 bridgehead atoms. The van der Waals surface area contributed by atoms with Crippen LogP contribution in [0.3, 0.4) is 0 Å². The van der Waals surface area contributed by atoms with Crippen molar-refractivity contribution in [2.45, 2.75) is 38.8 Å². The predicted octanol–water partition coefficient (Wildman–Crippen LogP) is 3.18. The summed E-state index contributed by atoms with van der Waals surface area (Å²) in [7, 11) is 0. The van der Waals surface area contributed by atoms with E-state index in [9.17, 15) is 0 Å². The van der Waals surface area contributed by atoms with Gasteiger partial charge in [0.15, 0.2) is 0 Å². The molecule has 0 spiro atoms. The third-order valence-corrected chi connectivity index (χ3v) is 4.14. The van der Waals surface area contributed by atoms with E-state index < -0.39 is 0 Å². The summed E-state index contributed by atoms with van der Waals surface area (Å²) in [5, 5.41) is 4.28. The number of benzene rings is 1. The highest BCUT2D eigenvalue weighted by atomic mass is 35.5. The van der Waals surface area contributed by atoms with Gasteiger partial charge in [0, 0.05) is 36.2 Å². The van der Waals surface area contributed by atoms with Gasteiger partial charge in [-0.2, -0.15) is 0 Å². The lowest BCUT2D eigenvalue weighted by molar-refractivity contribution is 0.0649. The number of nitrogens with one attached hydrogen (secondary N) is 1. The van der Waals surface area contributed by atoms with Gasteiger partial charge in [0.05, 0.1) is 6.61 Å². The van der Waals surface area contributed by atoms with Crippen LogP contribution >= 0.6 is 11.6 Å². The van der Waals surface area contributed by atoms with Crippen LogP contribution < -0.4 is 10.1 Å². The number of piperazine rings is 1. The van der Waals surface area contributed by atoms with Crippen molar-refractivity contribution in [1.29, 1.82) is 0 Å². The lowest BCUT2D eigenvalue weighted by Crippen LogP contribution is -2.61. The molecule has 0 aromatic heterocycles. The third-order valence-electron chi connectivity index (χ3n) is 3.89. The SMILES string of the molecule is CC1CN(CCCOc2ccc(Cl)cc2)C(C)(C)CN1. The van der Waals surface area contributed by atoms with Gasteiger partial charge in [-0.3, -0.25) is 4.90 Å². The predicted molar refractivity (Wildman–Crippen MR) is 84.7 cm³/mol. The van der Waals surface area contributed by atoms with Gasteiger partial charge in [0.2, 0.25) is 0 Å². The molecule has 4 heteroatoms. The topological polar surface area (TPSA) is 24.5 Å². The van der Waals surface area contributed by atoms with Gasteiger partial charge >= 0.3 is 0 Å². The maximum Gasteiger partial charge on any atom is 0.119 e. The van der Waals surface area contributed by atoms with Crippen LogP contribution in [0.15, 0.2) is 24.3 Å². The number of ether oxygens (including phenoxy) is 1. The van der Waals surface area contributed by atoms with Crippen molar-refractivity contribution in [3.8, 4) is 5.75 Å². The molecule has 112 valence electrons. The molecule has 1 saturated heterocycles. The Kier molecular flexibility index (Phi) is 5.30. The second-order valence-electron chi connectivity index (χ2n) is 6.20. The first-order chi connectivity index (χ1) is 9.47. The lowest BCUT2D eigenvalue weighted by atomic mass is 9.97. The third kappa shape index (κ3) is 4.37. The van der Waals surface area contributed by atoms with E-state index in [1.165, 1.54) is 0 Å². The van der Waals surface area contributed by atoms with Crippen molar-refractivity contribution < 1.29 is 4.74 Å². The minimum atomic E-state index is 0.229. The molecular weight excluding hydrogens is 272 g/mol. The molecule has 0 amide bonds. The fourth-order valence-electron chi connectivity index (χ4n) is 2.55. The zero-order valence-corrected chi connectivity index (χ0v) is 13.4. The van der Waals surface area contributed by atoms with Crippen molar-refractivity contribution in [3.05, 3.63) is 29.3 Å². The van der Waals surface area contributed by atoms with Gasteiger partial charge in [-0.1, -0.05) is 11.6 Å². The summed E-state index contributed by atoms with van der Waals surface area (Å²) in [4.78, 5) is 2.55. The maximum atomic E-state index is 5.85. The molecule has 1 aliphatic heterocycles. The smallest absolute Gasteiger partial charge is 0.119 e. The molecule has 1 aromatic carbocycles. The molecule has 0 aliphatic carbocycles. The van der Waals surface area contributed by atoms with E-state index in [0.29, 0.717) is 6.04 Å². The molecule has 0 radical (unpaired) electrons. The second kappa shape index (κ2) is 6.79. The van der Waals surface area contributed by atoms with Crippen LogP contribution in [0.1, 0.15) is 27.2 Å². The Labute approximate surface area is 127 Å². The molecule has 1 N–H and O–H groups in total. The van der Waals surface area contributed by atoms with Crippen LogP contribution in [-0.4, -0.2) is 42.7 Å². The van der Waals surface area contributed by atoms with Crippen molar-refractivity contribution in [2.24, 2.45) is 0 Å². The molecule has 0 saturated carbocycles. The first kappa shape index (κ1) is 15.6. The maximum absolute atomic E-state index is 5.85. The average molecular weight is 297 g/mol. The van der Waals surface area contributed by atoms with Gasteiger partial charge < -0.3 is 10.1 Å². The first-order valence-corrected chi connectivity index (χ1v) is 7.72. The Morgan fingerprint density at radius 2 is 2.05 bits per heavy atom. The summed E-state index contributed by atoms with van der Waals surface area (Å²) < 4.78 is 5.75. The summed E-state index contributed by atoms with van der Waals surface area (Å²) in [6, 6.07) is 8.12. The number of rotatable bonds is 5. The summed E-state index contributed by atoms with van der Waals surface area (Å²) in [6.45, 7) is 10.8. The highest BCUT2D eigenvalue weighted by Gasteiger charge is 2.31. The molecule has 1 aliphatic rings. The quantitative estimate of drug-likeness (QED) is 0.845. The molecule has 1 unspecified atom stereocenters. The minimum absolute atomic E-state index is 0.229. The summed E-state index contributed by atoms with van der Waals surface area (Å²) in [6.07, 6.45) is 1.04. The van der Waals surface area contributed by atoms with Crippen molar-refractivity contribution in [1.82, 2.24) is 10.2 Å². The van der Waals surface area contributed by atoms with Crippen LogP contribution in [-0.2, 0) is 0 Å². The molecule has 1 aromatic rings. The van der Waals surface area contributed by atoms with Crippen LogP contribution in [0.2, 0.25) is 5.02 Å². The van der Waals surface area contributed by atoms with E-state index in [1.54, 1.807) is 0 Å². The van der Waals surface area contributed by atoms with Gasteiger partial charge in [-0.25, -0.2) is 0 Å². The Morgan fingerprint density at radius 3 is 2.75 bits per heavy atom. The summed E-state index contributed by atoms with van der Waals surface area (Å²) in [5.74, 6) is 0.891. The van der Waals surface area contributed by atoms with Gasteiger partial charge in [0.1, 0.15) is 5.75 Å². The van der Waals surface area contributed by atoms with Crippen molar-refractivity contribution in [2.75, 3.05) is 26.2 Å². The largest absolute Gasteiger partial charge is 0.494 e. The molecule has 3 nitrogen and oxygen atoms in total. The lowest BCUT2D eigenvalue weighted by Gasteiger charge is -2.45. The number of hydrogen-bond acceptors (Lipinski definition) is 3. The van der Waals surface area contributed by atoms with Crippen molar-refractivity contribution >= 4 is 11.6 Å². The van der Waals surface area contributed by atoms with Gasteiger partial charge in [-0.05, 0) is 51.5 Å². The normalized spacial score (nSPS) is 22.7. The Balaban J connectivity index is 1.73. The van der Waals surface area contributed by atoms with Gasteiger partial charge in [0.25, 0.3) is 0 Å². The number of hydrogen-bond donors (Lipinski definition) is 1. The highest BCUT2D eigenvalue weighted by Crippen LogP contribution is 2.19. The molecule has 1 fully saturated rings. The van der Waals surface area contributed by atoms with E-state index >= 15 is 0 Å². The second-order valence-corrected chi connectivity index (χ2v) is 6.63. The fraction of sp³-hybridized carbons (Fsp3) is 0.625. The standard InChI is InChI=1S/C16H25ClN2O/c1-13-11-19(16(2,3)12-18-13)9-4-10-20-15-7-5-14(17)6-8-15/h5-8,13,18H,4,9-12H2,1-3H3. The fourth-order valence-corrected chi connectivity index (χ4v) is 2.67. The Bertz CT molecular complexity index is 419. The van der Waals surface area contributed by atoms with Crippen LogP contribution in [0.5, 0.6) is 5.75 Å².